The summed E-state index contributed by atoms with van der Waals surface area (Å²) in [5, 5.41) is 0. The number of rotatable bonds is 5. The van der Waals surface area contributed by atoms with Gasteiger partial charge in [-0.15, -0.1) is 0 Å². The van der Waals surface area contributed by atoms with E-state index >= 15 is 0 Å². The predicted molar refractivity (Wildman–Crippen MR) is 89.1 cm³/mol. The van der Waals surface area contributed by atoms with Crippen molar-refractivity contribution >= 4 is 15.9 Å². The summed E-state index contributed by atoms with van der Waals surface area (Å²) in [6.45, 7) is 6.38. The molecule has 0 spiro atoms. The Bertz CT molecular complexity index is 482. The summed E-state index contributed by atoms with van der Waals surface area (Å²) in [5.41, 5.74) is 7.19. The minimum absolute atomic E-state index is 0.174. The van der Waals surface area contributed by atoms with E-state index in [0.717, 1.165) is 34.4 Å². The maximum absolute atomic E-state index is 6.03. The van der Waals surface area contributed by atoms with E-state index in [1.807, 2.05) is 0 Å². The van der Waals surface area contributed by atoms with Crippen LogP contribution < -0.4 is 15.2 Å². The lowest BCUT2D eigenvalue weighted by Crippen LogP contribution is -2.36. The summed E-state index contributed by atoms with van der Waals surface area (Å²) in [7, 11) is 2.13. The number of hydrogen-bond donors (Lipinski definition) is 1. The van der Waals surface area contributed by atoms with Gasteiger partial charge < -0.3 is 15.2 Å². The molecule has 0 saturated heterocycles. The summed E-state index contributed by atoms with van der Waals surface area (Å²) >= 11 is 3.60. The Morgan fingerprint density at radius 3 is 2.71 bits per heavy atom. The maximum Gasteiger partial charge on any atom is 0.175 e. The first-order valence-corrected chi connectivity index (χ1v) is 8.38. The molecule has 5 heteroatoms. The van der Waals surface area contributed by atoms with E-state index in [9.17, 15) is 0 Å². The summed E-state index contributed by atoms with van der Waals surface area (Å²) in [5.74, 6) is 1.62. The van der Waals surface area contributed by atoms with Crippen LogP contribution in [-0.2, 0) is 0 Å². The van der Waals surface area contributed by atoms with Crippen LogP contribution in [0.5, 0.6) is 11.5 Å². The van der Waals surface area contributed by atoms with Gasteiger partial charge in [-0.25, -0.2) is 0 Å². The van der Waals surface area contributed by atoms with Crippen molar-refractivity contribution in [1.82, 2.24) is 4.90 Å². The molecule has 0 amide bonds. The van der Waals surface area contributed by atoms with Crippen LogP contribution in [0.25, 0.3) is 0 Å². The Hall–Kier alpha value is -0.780. The minimum atomic E-state index is 0.174. The highest BCUT2D eigenvalue weighted by Crippen LogP contribution is 2.40. The largest absolute Gasteiger partial charge is 0.490 e. The number of benzene rings is 1. The van der Waals surface area contributed by atoms with Crippen molar-refractivity contribution in [2.75, 3.05) is 26.8 Å². The second kappa shape index (κ2) is 7.47. The van der Waals surface area contributed by atoms with Crippen molar-refractivity contribution in [3.05, 3.63) is 22.2 Å². The standard InChI is InChI=1S/C16H25BrN2O2/c1-4-11(2)19(3)14(10-18)12-8-13(17)16-15(9-12)20-6-5-7-21-16/h8-9,11,14H,4-7,10,18H2,1-3H3. The van der Waals surface area contributed by atoms with Crippen molar-refractivity contribution in [1.29, 1.82) is 0 Å². The molecule has 2 atom stereocenters. The molecule has 1 aliphatic heterocycles. The van der Waals surface area contributed by atoms with Gasteiger partial charge >= 0.3 is 0 Å². The number of hydrogen-bond acceptors (Lipinski definition) is 4. The maximum atomic E-state index is 6.03. The average Bonchev–Trinajstić information content (AvgIpc) is 2.72. The Labute approximate surface area is 135 Å². The third kappa shape index (κ3) is 3.71. The van der Waals surface area contributed by atoms with Gasteiger partial charge in [-0.2, -0.15) is 0 Å². The van der Waals surface area contributed by atoms with Crippen molar-refractivity contribution in [2.45, 2.75) is 38.8 Å². The first-order chi connectivity index (χ1) is 10.1. The van der Waals surface area contributed by atoms with Crippen molar-refractivity contribution in [2.24, 2.45) is 5.73 Å². The number of ether oxygens (including phenoxy) is 2. The molecule has 1 aromatic rings. The second-order valence-electron chi connectivity index (χ2n) is 5.55. The molecule has 0 saturated carbocycles. The summed E-state index contributed by atoms with van der Waals surface area (Å²) in [6, 6.07) is 4.83. The van der Waals surface area contributed by atoms with E-state index < -0.39 is 0 Å². The van der Waals surface area contributed by atoms with Gasteiger partial charge in [0.15, 0.2) is 11.5 Å². The first-order valence-electron chi connectivity index (χ1n) is 7.59. The highest BCUT2D eigenvalue weighted by molar-refractivity contribution is 9.10. The van der Waals surface area contributed by atoms with E-state index in [1.165, 1.54) is 0 Å². The van der Waals surface area contributed by atoms with E-state index in [0.29, 0.717) is 25.8 Å². The molecule has 0 aromatic heterocycles. The molecule has 1 aromatic carbocycles. The van der Waals surface area contributed by atoms with Gasteiger partial charge in [0.1, 0.15) is 0 Å². The van der Waals surface area contributed by atoms with E-state index in [1.54, 1.807) is 0 Å². The number of likely N-dealkylation sites (N-methyl/N-ethyl adjacent to an activating group) is 1. The zero-order valence-corrected chi connectivity index (χ0v) is 14.6. The highest BCUT2D eigenvalue weighted by atomic mass is 79.9. The molecular formula is C16H25BrN2O2. The van der Waals surface area contributed by atoms with Gasteiger partial charge in [0.05, 0.1) is 17.7 Å². The van der Waals surface area contributed by atoms with Gasteiger partial charge in [0.25, 0.3) is 0 Å². The number of halogens is 1. The van der Waals surface area contributed by atoms with Crippen LogP contribution in [0.2, 0.25) is 0 Å². The van der Waals surface area contributed by atoms with Gasteiger partial charge in [0.2, 0.25) is 0 Å². The van der Waals surface area contributed by atoms with E-state index in [2.05, 4.69) is 53.9 Å². The van der Waals surface area contributed by atoms with Crippen LogP contribution in [-0.4, -0.2) is 37.7 Å². The van der Waals surface area contributed by atoms with Gasteiger partial charge in [0, 0.05) is 25.0 Å². The summed E-state index contributed by atoms with van der Waals surface area (Å²) in [4.78, 5) is 2.33. The average molecular weight is 357 g/mol. The molecule has 21 heavy (non-hydrogen) atoms. The lowest BCUT2D eigenvalue weighted by Gasteiger charge is -2.32. The van der Waals surface area contributed by atoms with Crippen LogP contribution in [0.4, 0.5) is 0 Å². The first kappa shape index (κ1) is 16.6. The molecule has 2 unspecified atom stereocenters. The van der Waals surface area contributed by atoms with Crippen molar-refractivity contribution in [3.8, 4) is 11.5 Å². The molecule has 0 radical (unpaired) electrons. The SMILES string of the molecule is CCC(C)N(C)C(CN)c1cc(Br)c2c(c1)OCCCO2. The number of nitrogens with two attached hydrogens (primary N) is 1. The minimum Gasteiger partial charge on any atom is -0.490 e. The molecule has 2 rings (SSSR count). The number of fused-ring (bicyclic) bond motifs is 1. The summed E-state index contributed by atoms with van der Waals surface area (Å²) in [6.07, 6.45) is 2.00. The fourth-order valence-electron chi connectivity index (χ4n) is 2.58. The van der Waals surface area contributed by atoms with Gasteiger partial charge in [-0.3, -0.25) is 4.90 Å². The zero-order chi connectivity index (χ0) is 15.4. The van der Waals surface area contributed by atoms with Crippen molar-refractivity contribution in [3.63, 3.8) is 0 Å². The molecule has 0 bridgehead atoms. The molecule has 2 N–H and O–H groups in total. The fraction of sp³-hybridized carbons (Fsp3) is 0.625. The highest BCUT2D eigenvalue weighted by Gasteiger charge is 2.23. The zero-order valence-electron chi connectivity index (χ0n) is 13.1. The van der Waals surface area contributed by atoms with Crippen LogP contribution >= 0.6 is 15.9 Å². The van der Waals surface area contributed by atoms with E-state index in [-0.39, 0.29) is 6.04 Å². The fourth-order valence-corrected chi connectivity index (χ4v) is 3.15. The van der Waals surface area contributed by atoms with Crippen LogP contribution in [0.1, 0.15) is 38.3 Å². The lowest BCUT2D eigenvalue weighted by atomic mass is 10.0. The van der Waals surface area contributed by atoms with Crippen LogP contribution in [0.15, 0.2) is 16.6 Å². The Morgan fingerprint density at radius 1 is 1.33 bits per heavy atom. The summed E-state index contributed by atoms with van der Waals surface area (Å²) < 4.78 is 12.5. The Balaban J connectivity index is 2.34. The monoisotopic (exact) mass is 356 g/mol. The van der Waals surface area contributed by atoms with Crippen molar-refractivity contribution < 1.29 is 9.47 Å². The Morgan fingerprint density at radius 2 is 2.05 bits per heavy atom. The van der Waals surface area contributed by atoms with Crippen LogP contribution in [0.3, 0.4) is 0 Å². The van der Waals surface area contributed by atoms with Gasteiger partial charge in [-0.1, -0.05) is 6.92 Å². The molecular weight excluding hydrogens is 332 g/mol. The normalized spacial score (nSPS) is 17.4. The Kier molecular flexibility index (Phi) is 5.90. The molecule has 1 aliphatic rings. The molecule has 4 nitrogen and oxygen atoms in total. The third-order valence-corrected chi connectivity index (χ3v) is 4.80. The van der Waals surface area contributed by atoms with Crippen LogP contribution in [0, 0.1) is 0 Å². The smallest absolute Gasteiger partial charge is 0.175 e. The molecule has 0 fully saturated rings. The molecule has 0 aliphatic carbocycles. The topological polar surface area (TPSA) is 47.7 Å². The number of nitrogens with zero attached hydrogens (tertiary/aromatic N) is 1. The lowest BCUT2D eigenvalue weighted by molar-refractivity contribution is 0.184. The second-order valence-corrected chi connectivity index (χ2v) is 6.41. The molecule has 1 heterocycles. The third-order valence-electron chi connectivity index (χ3n) is 4.21. The molecule has 118 valence electrons. The quantitative estimate of drug-likeness (QED) is 0.878. The predicted octanol–water partition coefficient (Wildman–Crippen LogP) is 3.34. The van der Waals surface area contributed by atoms with E-state index in [4.69, 9.17) is 15.2 Å². The van der Waals surface area contributed by atoms with Gasteiger partial charge in [-0.05, 0) is 54.0 Å².